The van der Waals surface area contributed by atoms with Crippen LogP contribution in [0.5, 0.6) is 5.75 Å². The second-order valence-electron chi connectivity index (χ2n) is 8.72. The van der Waals surface area contributed by atoms with Crippen molar-refractivity contribution in [3.63, 3.8) is 0 Å². The average Bonchev–Trinajstić information content (AvgIpc) is 2.80. The number of halogens is 3. The maximum atomic E-state index is 13.2. The minimum atomic E-state index is -4.36. The molecule has 176 valence electrons. The van der Waals surface area contributed by atoms with Crippen LogP contribution in [0.2, 0.25) is 0 Å². The molecule has 1 atom stereocenters. The van der Waals surface area contributed by atoms with E-state index in [2.05, 4.69) is 21.7 Å². The van der Waals surface area contributed by atoms with Crippen molar-refractivity contribution in [2.45, 2.75) is 39.1 Å². The molecule has 1 fully saturated rings. The summed E-state index contributed by atoms with van der Waals surface area (Å²) in [5.41, 5.74) is 1.88. The Morgan fingerprint density at radius 1 is 0.970 bits per heavy atom. The first kappa shape index (κ1) is 23.5. The molecular formula is C26H30F3N3O. The zero-order chi connectivity index (χ0) is 23.6. The van der Waals surface area contributed by atoms with Crippen LogP contribution in [0.1, 0.15) is 43.5 Å². The molecule has 1 aliphatic heterocycles. The van der Waals surface area contributed by atoms with Gasteiger partial charge in [0, 0.05) is 43.3 Å². The van der Waals surface area contributed by atoms with Crippen LogP contribution >= 0.6 is 0 Å². The van der Waals surface area contributed by atoms with Crippen molar-refractivity contribution < 1.29 is 17.9 Å². The third kappa shape index (κ3) is 5.14. The van der Waals surface area contributed by atoms with E-state index in [1.54, 1.807) is 18.3 Å². The molecular weight excluding hydrogens is 427 g/mol. The Morgan fingerprint density at radius 3 is 2.27 bits per heavy atom. The predicted molar refractivity (Wildman–Crippen MR) is 124 cm³/mol. The Morgan fingerprint density at radius 2 is 1.67 bits per heavy atom. The molecule has 0 aliphatic carbocycles. The van der Waals surface area contributed by atoms with Gasteiger partial charge in [0.15, 0.2) is 5.75 Å². The molecule has 1 aromatic heterocycles. The van der Waals surface area contributed by atoms with E-state index in [1.165, 1.54) is 12.1 Å². The Bertz CT molecular complexity index is 1070. The van der Waals surface area contributed by atoms with Crippen LogP contribution in [0, 0.1) is 0 Å². The highest BCUT2D eigenvalue weighted by Gasteiger charge is 2.33. The number of pyridine rings is 1. The molecule has 2 aromatic carbocycles. The first-order valence-corrected chi connectivity index (χ1v) is 11.5. The molecule has 1 saturated heterocycles. The topological polar surface area (TPSA) is 28.6 Å². The second kappa shape index (κ2) is 9.69. The van der Waals surface area contributed by atoms with Crippen molar-refractivity contribution in [3.05, 3.63) is 71.4 Å². The largest absolute Gasteiger partial charge is 0.488 e. The van der Waals surface area contributed by atoms with Crippen LogP contribution < -0.4 is 4.74 Å². The van der Waals surface area contributed by atoms with E-state index in [0.717, 1.165) is 54.8 Å². The van der Waals surface area contributed by atoms with Crippen LogP contribution in [0.25, 0.3) is 10.9 Å². The van der Waals surface area contributed by atoms with Crippen molar-refractivity contribution in [2.75, 3.05) is 32.7 Å². The van der Waals surface area contributed by atoms with Crippen LogP contribution in [0.15, 0.2) is 54.7 Å². The van der Waals surface area contributed by atoms with Crippen LogP contribution in [-0.2, 0) is 6.18 Å². The lowest BCUT2D eigenvalue weighted by Gasteiger charge is -2.40. The number of benzene rings is 2. The zero-order valence-electron chi connectivity index (χ0n) is 19.3. The first-order valence-electron chi connectivity index (χ1n) is 11.5. The third-order valence-corrected chi connectivity index (χ3v) is 6.18. The molecule has 0 amide bonds. The summed E-state index contributed by atoms with van der Waals surface area (Å²) in [4.78, 5) is 9.31. The van der Waals surface area contributed by atoms with E-state index < -0.39 is 11.7 Å². The number of nitrogens with zero attached hydrogens (tertiary/aromatic N) is 3. The van der Waals surface area contributed by atoms with Gasteiger partial charge in [-0.1, -0.05) is 37.3 Å². The van der Waals surface area contributed by atoms with E-state index in [9.17, 15) is 13.2 Å². The predicted octanol–water partition coefficient (Wildman–Crippen LogP) is 5.77. The van der Waals surface area contributed by atoms with Gasteiger partial charge >= 0.3 is 6.18 Å². The zero-order valence-corrected chi connectivity index (χ0v) is 19.3. The van der Waals surface area contributed by atoms with Gasteiger partial charge in [-0.15, -0.1) is 0 Å². The molecule has 3 aromatic rings. The normalized spacial score (nSPS) is 16.9. The fraction of sp³-hybridized carbons (Fsp3) is 0.423. The molecule has 7 heteroatoms. The van der Waals surface area contributed by atoms with Gasteiger partial charge in [0.1, 0.15) is 5.52 Å². The molecule has 0 saturated carbocycles. The highest BCUT2D eigenvalue weighted by Crippen LogP contribution is 2.40. The monoisotopic (exact) mass is 457 g/mol. The minimum absolute atomic E-state index is 0.0680. The molecule has 0 bridgehead atoms. The lowest BCUT2D eigenvalue weighted by atomic mass is 9.93. The summed E-state index contributed by atoms with van der Waals surface area (Å²) < 4.78 is 45.9. The maximum Gasteiger partial charge on any atom is 0.416 e. The summed E-state index contributed by atoms with van der Waals surface area (Å²) in [6.07, 6.45) is -2.69. The van der Waals surface area contributed by atoms with Gasteiger partial charge in [0.25, 0.3) is 0 Å². The van der Waals surface area contributed by atoms with E-state index in [4.69, 9.17) is 4.74 Å². The Hall–Kier alpha value is -2.64. The lowest BCUT2D eigenvalue weighted by molar-refractivity contribution is -0.137. The number of likely N-dealkylation sites (N-methyl/N-ethyl adjacent to an activating group) is 1. The number of alkyl halides is 3. The summed E-state index contributed by atoms with van der Waals surface area (Å²) >= 11 is 0. The van der Waals surface area contributed by atoms with Gasteiger partial charge in [0.2, 0.25) is 0 Å². The maximum absolute atomic E-state index is 13.2. The Labute approximate surface area is 193 Å². The van der Waals surface area contributed by atoms with E-state index in [-0.39, 0.29) is 12.1 Å². The van der Waals surface area contributed by atoms with Gasteiger partial charge in [-0.3, -0.25) is 9.88 Å². The third-order valence-electron chi connectivity index (χ3n) is 6.18. The summed E-state index contributed by atoms with van der Waals surface area (Å²) in [7, 11) is 0. The van der Waals surface area contributed by atoms with Crippen molar-refractivity contribution >= 4 is 10.9 Å². The smallest absolute Gasteiger partial charge is 0.416 e. The number of hydrogen-bond donors (Lipinski definition) is 0. The molecule has 1 aliphatic rings. The number of aromatic nitrogens is 1. The highest BCUT2D eigenvalue weighted by atomic mass is 19.4. The summed E-state index contributed by atoms with van der Waals surface area (Å²) in [6, 6.07) is 13.3. The molecule has 1 unspecified atom stereocenters. The molecule has 0 radical (unpaired) electrons. The number of rotatable bonds is 6. The molecule has 4 nitrogen and oxygen atoms in total. The Kier molecular flexibility index (Phi) is 6.91. The minimum Gasteiger partial charge on any atom is -0.488 e. The van der Waals surface area contributed by atoms with Gasteiger partial charge in [0.05, 0.1) is 17.7 Å². The molecule has 2 heterocycles. The quantitative estimate of drug-likeness (QED) is 0.470. The van der Waals surface area contributed by atoms with Gasteiger partial charge in [-0.2, -0.15) is 13.2 Å². The fourth-order valence-corrected chi connectivity index (χ4v) is 4.49. The van der Waals surface area contributed by atoms with Crippen molar-refractivity contribution in [3.8, 4) is 5.75 Å². The summed E-state index contributed by atoms with van der Waals surface area (Å²) in [5.74, 6) is 0.700. The van der Waals surface area contributed by atoms with Crippen molar-refractivity contribution in [1.29, 1.82) is 0 Å². The van der Waals surface area contributed by atoms with Crippen molar-refractivity contribution in [2.24, 2.45) is 0 Å². The number of hydrogen-bond acceptors (Lipinski definition) is 4. The number of ether oxygens (including phenoxy) is 1. The SMILES string of the molecule is CCN1CCN(C(c2ccc(C(F)(F)F)cc2)c2ccc3cccnc3c2OC(C)C)CC1. The van der Waals surface area contributed by atoms with Crippen molar-refractivity contribution in [1.82, 2.24) is 14.8 Å². The fourth-order valence-electron chi connectivity index (χ4n) is 4.49. The number of piperazine rings is 1. The van der Waals surface area contributed by atoms with Gasteiger partial charge in [-0.05, 0) is 44.2 Å². The molecule has 0 spiro atoms. The summed E-state index contributed by atoms with van der Waals surface area (Å²) in [5, 5.41) is 0.971. The highest BCUT2D eigenvalue weighted by molar-refractivity contribution is 5.86. The second-order valence-corrected chi connectivity index (χ2v) is 8.72. The van der Waals surface area contributed by atoms with Crippen LogP contribution in [-0.4, -0.2) is 53.6 Å². The molecule has 33 heavy (non-hydrogen) atoms. The Balaban J connectivity index is 1.84. The number of fused-ring (bicyclic) bond motifs is 1. The summed E-state index contributed by atoms with van der Waals surface area (Å²) in [6.45, 7) is 10.5. The van der Waals surface area contributed by atoms with E-state index in [1.807, 2.05) is 38.1 Å². The van der Waals surface area contributed by atoms with E-state index >= 15 is 0 Å². The van der Waals surface area contributed by atoms with Gasteiger partial charge in [-0.25, -0.2) is 0 Å². The standard InChI is InChI=1S/C26H30F3N3O/c1-4-31-14-16-32(17-15-31)24(20-7-10-21(11-8-20)26(27,28)29)22-12-9-19-6-5-13-30-23(19)25(22)33-18(2)3/h5-13,18,24H,4,14-17H2,1-3H3. The first-order chi connectivity index (χ1) is 15.8. The van der Waals surface area contributed by atoms with Gasteiger partial charge < -0.3 is 9.64 Å². The molecule has 4 rings (SSSR count). The lowest BCUT2D eigenvalue weighted by Crippen LogP contribution is -2.47. The van der Waals surface area contributed by atoms with Crippen LogP contribution in [0.4, 0.5) is 13.2 Å². The van der Waals surface area contributed by atoms with E-state index in [0.29, 0.717) is 5.75 Å². The van der Waals surface area contributed by atoms with Crippen LogP contribution in [0.3, 0.4) is 0 Å². The molecule has 0 N–H and O–H groups in total. The average molecular weight is 458 g/mol.